The van der Waals surface area contributed by atoms with E-state index in [2.05, 4.69) is 29.1 Å². The monoisotopic (exact) mass is 234 g/mol. The number of likely N-dealkylation sites (N-methyl/N-ethyl adjacent to an activating group) is 1. The van der Waals surface area contributed by atoms with Gasteiger partial charge in [-0.25, -0.2) is 9.79 Å². The lowest BCUT2D eigenvalue weighted by atomic mass is 9.58. The normalized spacial score (nSPS) is 31.6. The summed E-state index contributed by atoms with van der Waals surface area (Å²) in [4.78, 5) is 19.0. The van der Waals surface area contributed by atoms with E-state index in [-0.39, 0.29) is 0 Å². The molecule has 0 N–H and O–H groups in total. The zero-order chi connectivity index (χ0) is 12.1. The molecular weight excluding hydrogens is 213 g/mol. The number of hydrogen-bond donors (Lipinski definition) is 0. The first-order chi connectivity index (χ1) is 8.31. The molecule has 0 aromatic rings. The highest BCUT2D eigenvalue weighted by molar-refractivity contribution is 6.35. The quantitative estimate of drug-likeness (QED) is 0.405. The molecule has 0 spiro atoms. The van der Waals surface area contributed by atoms with E-state index in [9.17, 15) is 4.79 Å². The molecule has 0 amide bonds. The second-order valence-corrected chi connectivity index (χ2v) is 5.20. The lowest BCUT2D eigenvalue weighted by Crippen LogP contribution is -2.52. The van der Waals surface area contributed by atoms with Crippen LogP contribution in [0.15, 0.2) is 4.99 Å². The Hall–Kier alpha value is -0.635. The van der Waals surface area contributed by atoms with Crippen molar-refractivity contribution in [3.05, 3.63) is 0 Å². The first kappa shape index (κ1) is 12.8. The van der Waals surface area contributed by atoms with Crippen molar-refractivity contribution in [1.29, 1.82) is 0 Å². The topological polar surface area (TPSA) is 35.9 Å². The molecule has 2 unspecified atom stereocenters. The maximum atomic E-state index is 10.3. The Kier molecular flexibility index (Phi) is 4.78. The van der Waals surface area contributed by atoms with Gasteiger partial charge in [-0.2, -0.15) is 0 Å². The zero-order valence-corrected chi connectivity index (χ0v) is 10.6. The number of nitrogens with zero attached hydrogens (tertiary/aromatic N) is 3. The van der Waals surface area contributed by atoms with Crippen molar-refractivity contribution in [3.8, 4) is 0 Å². The van der Waals surface area contributed by atoms with Crippen LogP contribution in [-0.4, -0.2) is 69.0 Å². The van der Waals surface area contributed by atoms with E-state index in [1.54, 1.807) is 6.08 Å². The van der Waals surface area contributed by atoms with Gasteiger partial charge in [0.25, 0.3) is 0 Å². The molecule has 93 valence electrons. The molecule has 0 aromatic heterocycles. The molecule has 17 heavy (non-hydrogen) atoms. The fourth-order valence-electron chi connectivity index (χ4n) is 3.00. The largest absolute Gasteiger partial charge is 0.304 e. The summed E-state index contributed by atoms with van der Waals surface area (Å²) in [6, 6.07) is 0.616. The molecule has 2 fully saturated rings. The third-order valence-corrected chi connectivity index (χ3v) is 4.08. The minimum absolute atomic E-state index is 0.522. The highest BCUT2D eigenvalue weighted by Gasteiger charge is 2.31. The number of hydrogen-bond acceptors (Lipinski definition) is 4. The molecule has 2 aliphatic rings. The summed E-state index contributed by atoms with van der Waals surface area (Å²) in [7, 11) is 4.53. The molecule has 4 nitrogen and oxygen atoms in total. The molecule has 0 saturated carbocycles. The fourth-order valence-corrected chi connectivity index (χ4v) is 3.00. The molecule has 5 heteroatoms. The van der Waals surface area contributed by atoms with Gasteiger partial charge in [-0.15, -0.1) is 0 Å². The van der Waals surface area contributed by atoms with Crippen LogP contribution in [0.5, 0.6) is 0 Å². The summed E-state index contributed by atoms with van der Waals surface area (Å²) < 4.78 is 0. The summed E-state index contributed by atoms with van der Waals surface area (Å²) >= 11 is 0. The van der Waals surface area contributed by atoms with Gasteiger partial charge in [-0.3, -0.25) is 4.90 Å². The maximum absolute atomic E-state index is 10.3. The SMILES string of the molecule is CN1CCN(C2CC[B]CC2CN=C=O)CC1. The predicted octanol–water partition coefficient (Wildman–Crippen LogP) is 0.499. The Balaban J connectivity index is 1.93. The number of carbonyl (C=O) groups excluding carboxylic acids is 1. The van der Waals surface area contributed by atoms with Gasteiger partial charge in [-0.05, 0) is 19.4 Å². The Morgan fingerprint density at radius 3 is 2.82 bits per heavy atom. The van der Waals surface area contributed by atoms with Crippen molar-refractivity contribution in [2.24, 2.45) is 10.9 Å². The van der Waals surface area contributed by atoms with E-state index in [1.165, 1.54) is 12.7 Å². The third-order valence-electron chi connectivity index (χ3n) is 4.08. The molecule has 2 rings (SSSR count). The Morgan fingerprint density at radius 1 is 1.35 bits per heavy atom. The minimum Gasteiger partial charge on any atom is -0.304 e. The minimum atomic E-state index is 0.522. The maximum Gasteiger partial charge on any atom is 0.234 e. The zero-order valence-electron chi connectivity index (χ0n) is 10.6. The summed E-state index contributed by atoms with van der Waals surface area (Å²) in [6.45, 7) is 5.27. The fraction of sp³-hybridized carbons (Fsp3) is 0.917. The average molecular weight is 234 g/mol. The Morgan fingerprint density at radius 2 is 2.12 bits per heavy atom. The molecule has 0 aliphatic carbocycles. The summed E-state index contributed by atoms with van der Waals surface area (Å²) in [5, 5.41) is 0. The van der Waals surface area contributed by atoms with Crippen molar-refractivity contribution >= 4 is 13.4 Å². The van der Waals surface area contributed by atoms with Crippen LogP contribution in [0.25, 0.3) is 0 Å². The standard InChI is InChI=1S/C12H21BN3O/c1-15-4-6-16(7-5-15)12-2-3-13-8-11(12)9-14-10-17/h11-12H,2-9H2,1H3. The van der Waals surface area contributed by atoms with Crippen molar-refractivity contribution in [3.63, 3.8) is 0 Å². The van der Waals surface area contributed by atoms with E-state index < -0.39 is 0 Å². The van der Waals surface area contributed by atoms with Crippen molar-refractivity contribution < 1.29 is 4.79 Å². The van der Waals surface area contributed by atoms with Crippen LogP contribution in [0.1, 0.15) is 6.42 Å². The molecule has 2 atom stereocenters. The average Bonchev–Trinajstić information content (AvgIpc) is 2.38. The molecule has 2 saturated heterocycles. The van der Waals surface area contributed by atoms with Crippen LogP contribution < -0.4 is 0 Å². The van der Waals surface area contributed by atoms with Crippen molar-refractivity contribution in [2.45, 2.75) is 25.1 Å². The molecular formula is C12H21BN3O. The van der Waals surface area contributed by atoms with Gasteiger partial charge in [-0.1, -0.05) is 12.6 Å². The van der Waals surface area contributed by atoms with Crippen LogP contribution in [0.4, 0.5) is 0 Å². The van der Waals surface area contributed by atoms with Crippen LogP contribution in [-0.2, 0) is 4.79 Å². The van der Waals surface area contributed by atoms with Gasteiger partial charge in [0.2, 0.25) is 6.08 Å². The molecule has 0 aromatic carbocycles. The Labute approximate surface area is 104 Å². The number of rotatable bonds is 3. The van der Waals surface area contributed by atoms with Crippen LogP contribution in [0.3, 0.4) is 0 Å². The van der Waals surface area contributed by atoms with E-state index in [1.807, 2.05) is 0 Å². The predicted molar refractivity (Wildman–Crippen MR) is 69.3 cm³/mol. The molecule has 1 radical (unpaired) electrons. The van der Waals surface area contributed by atoms with E-state index in [4.69, 9.17) is 0 Å². The van der Waals surface area contributed by atoms with E-state index in [0.717, 1.165) is 32.5 Å². The smallest absolute Gasteiger partial charge is 0.234 e. The molecule has 0 bridgehead atoms. The van der Waals surface area contributed by atoms with Gasteiger partial charge in [0.05, 0.1) is 6.54 Å². The van der Waals surface area contributed by atoms with Crippen molar-refractivity contribution in [2.75, 3.05) is 39.8 Å². The highest BCUT2D eigenvalue weighted by Crippen LogP contribution is 2.27. The first-order valence-electron chi connectivity index (χ1n) is 6.59. The Bertz CT molecular complexity index is 285. The second kappa shape index (κ2) is 6.34. The lowest BCUT2D eigenvalue weighted by Gasteiger charge is -2.43. The van der Waals surface area contributed by atoms with Gasteiger partial charge in [0.1, 0.15) is 7.28 Å². The number of isocyanates is 1. The third kappa shape index (κ3) is 3.41. The summed E-state index contributed by atoms with van der Waals surface area (Å²) in [5.41, 5.74) is 0. The van der Waals surface area contributed by atoms with Crippen molar-refractivity contribution in [1.82, 2.24) is 9.80 Å². The number of aliphatic imine (C=N–C) groups is 1. The van der Waals surface area contributed by atoms with Gasteiger partial charge < -0.3 is 4.90 Å². The summed E-state index contributed by atoms with van der Waals surface area (Å²) in [6.07, 6.45) is 5.21. The van der Waals surface area contributed by atoms with Gasteiger partial charge >= 0.3 is 0 Å². The highest BCUT2D eigenvalue weighted by atomic mass is 16.1. The number of piperazine rings is 1. The summed E-state index contributed by atoms with van der Waals surface area (Å²) in [5.74, 6) is 0.522. The van der Waals surface area contributed by atoms with Crippen LogP contribution in [0, 0.1) is 5.92 Å². The van der Waals surface area contributed by atoms with Gasteiger partial charge in [0.15, 0.2) is 0 Å². The second-order valence-electron chi connectivity index (χ2n) is 5.20. The van der Waals surface area contributed by atoms with E-state index in [0.29, 0.717) is 18.5 Å². The van der Waals surface area contributed by atoms with Gasteiger partial charge in [0, 0.05) is 32.2 Å². The first-order valence-corrected chi connectivity index (χ1v) is 6.59. The molecule has 2 aliphatic heterocycles. The van der Waals surface area contributed by atoms with Crippen LogP contribution in [0.2, 0.25) is 12.6 Å². The van der Waals surface area contributed by atoms with E-state index >= 15 is 0 Å². The molecule has 2 heterocycles. The lowest BCUT2D eigenvalue weighted by molar-refractivity contribution is 0.0811. The van der Waals surface area contributed by atoms with Crippen LogP contribution >= 0.6 is 0 Å².